The van der Waals surface area contributed by atoms with Crippen LogP contribution in [0.2, 0.25) is 0 Å². The molecule has 2 rings (SSSR count). The Morgan fingerprint density at radius 3 is 2.36 bits per heavy atom. The Morgan fingerprint density at radius 2 is 1.86 bits per heavy atom. The van der Waals surface area contributed by atoms with Crippen LogP contribution >= 0.6 is 0 Å². The van der Waals surface area contributed by atoms with Gasteiger partial charge >= 0.3 is 0 Å². The van der Waals surface area contributed by atoms with Crippen LogP contribution in [0.5, 0.6) is 0 Å². The van der Waals surface area contributed by atoms with Crippen LogP contribution in [-0.4, -0.2) is 35.3 Å². The van der Waals surface area contributed by atoms with E-state index in [1.807, 2.05) is 20.8 Å². The molecule has 0 saturated carbocycles. The van der Waals surface area contributed by atoms with Gasteiger partial charge in [0.2, 0.25) is 11.9 Å². The summed E-state index contributed by atoms with van der Waals surface area (Å²) in [6.07, 6.45) is 1.22. The number of hydrogen-bond donors (Lipinski definition) is 2. The third-order valence-corrected chi connectivity index (χ3v) is 4.71. The number of rotatable bonds is 4. The molecule has 22 heavy (non-hydrogen) atoms. The average Bonchev–Trinajstić information content (AvgIpc) is 2.90. The predicted octanol–water partition coefficient (Wildman–Crippen LogP) is 1.51. The zero-order valence-corrected chi connectivity index (χ0v) is 13.4. The van der Waals surface area contributed by atoms with Crippen molar-refractivity contribution in [3.8, 4) is 0 Å². The normalized spacial score (nSPS) is 12.1. The summed E-state index contributed by atoms with van der Waals surface area (Å²) in [5.74, 6) is -1.21. The van der Waals surface area contributed by atoms with Crippen LogP contribution in [-0.2, 0) is 20.0 Å². The highest BCUT2D eigenvalue weighted by atomic mass is 32.2. The number of benzene rings is 1. The number of nitrogens with zero attached hydrogens (tertiary/aromatic N) is 2. The van der Waals surface area contributed by atoms with Crippen molar-refractivity contribution in [1.29, 1.82) is 0 Å². The number of carbonyl (C=O) groups excluding carboxylic acids is 1. The van der Waals surface area contributed by atoms with E-state index in [4.69, 9.17) is 0 Å². The predicted molar refractivity (Wildman–Crippen MR) is 82.2 cm³/mol. The monoisotopic (exact) mass is 322 g/mol. The molecule has 0 radical (unpaired) electrons. The van der Waals surface area contributed by atoms with E-state index in [1.165, 1.54) is 18.5 Å². The quantitative estimate of drug-likeness (QED) is 0.888. The first-order chi connectivity index (χ1) is 10.2. The molecule has 1 heterocycles. The summed E-state index contributed by atoms with van der Waals surface area (Å²) in [5.41, 5.74) is 0.962. The zero-order valence-electron chi connectivity index (χ0n) is 12.6. The average molecular weight is 322 g/mol. The lowest BCUT2D eigenvalue weighted by Crippen LogP contribution is -2.23. The van der Waals surface area contributed by atoms with E-state index in [2.05, 4.69) is 20.5 Å². The van der Waals surface area contributed by atoms with Crippen molar-refractivity contribution in [1.82, 2.24) is 15.2 Å². The topological polar surface area (TPSA) is 105 Å². The van der Waals surface area contributed by atoms with Crippen LogP contribution in [0.4, 0.5) is 5.95 Å². The summed E-state index contributed by atoms with van der Waals surface area (Å²) in [6.45, 7) is 6.13. The Kier molecular flexibility index (Phi) is 4.32. The van der Waals surface area contributed by atoms with E-state index in [0.717, 1.165) is 5.56 Å². The minimum atomic E-state index is -3.70. The second-order valence-corrected chi connectivity index (χ2v) is 7.91. The maximum Gasteiger partial charge on any atom is 0.242 e. The third-order valence-electron chi connectivity index (χ3n) is 3.07. The number of aromatic amines is 1. The molecular formula is C14H18N4O3S. The van der Waals surface area contributed by atoms with Crippen LogP contribution in [0.25, 0.3) is 0 Å². The smallest absolute Gasteiger partial charge is 0.242 e. The van der Waals surface area contributed by atoms with Gasteiger partial charge < -0.3 is 0 Å². The van der Waals surface area contributed by atoms with Gasteiger partial charge in [0.15, 0.2) is 9.84 Å². The number of amides is 1. The molecule has 0 fully saturated rings. The lowest BCUT2D eigenvalue weighted by molar-refractivity contribution is -0.113. The summed E-state index contributed by atoms with van der Waals surface area (Å²) in [6, 6.07) is 6.58. The summed E-state index contributed by atoms with van der Waals surface area (Å²) < 4.78 is 24.4. The van der Waals surface area contributed by atoms with Crippen molar-refractivity contribution >= 4 is 21.7 Å². The van der Waals surface area contributed by atoms with Gasteiger partial charge in [-0.15, -0.1) is 0 Å². The number of sulfone groups is 1. The van der Waals surface area contributed by atoms with Crippen molar-refractivity contribution in [2.45, 2.75) is 31.1 Å². The zero-order chi connectivity index (χ0) is 16.4. The lowest BCUT2D eigenvalue weighted by Gasteiger charge is -2.19. The second kappa shape index (κ2) is 5.88. The summed E-state index contributed by atoms with van der Waals surface area (Å²) in [4.78, 5) is 15.6. The molecule has 2 N–H and O–H groups in total. The van der Waals surface area contributed by atoms with Gasteiger partial charge in [0.1, 0.15) is 12.1 Å². The highest BCUT2D eigenvalue weighted by Crippen LogP contribution is 2.23. The van der Waals surface area contributed by atoms with E-state index >= 15 is 0 Å². The molecule has 0 saturated heterocycles. The van der Waals surface area contributed by atoms with Crippen LogP contribution in [0.15, 0.2) is 35.5 Å². The molecule has 8 heteroatoms. The Labute approximate surface area is 129 Å². The maximum atomic E-state index is 12.2. The van der Waals surface area contributed by atoms with Gasteiger partial charge in [0, 0.05) is 0 Å². The molecule has 1 amide bonds. The first kappa shape index (κ1) is 16.2. The minimum absolute atomic E-state index is 0.0635. The van der Waals surface area contributed by atoms with E-state index in [-0.39, 0.29) is 16.3 Å². The van der Waals surface area contributed by atoms with Crippen LogP contribution in [0, 0.1) is 0 Å². The molecule has 1 aromatic heterocycles. The highest BCUT2D eigenvalue weighted by Gasteiger charge is 2.21. The number of anilines is 1. The van der Waals surface area contributed by atoms with Gasteiger partial charge in [-0.3, -0.25) is 10.1 Å². The number of hydrogen-bond acceptors (Lipinski definition) is 5. The van der Waals surface area contributed by atoms with Crippen molar-refractivity contribution in [3.63, 3.8) is 0 Å². The van der Waals surface area contributed by atoms with Gasteiger partial charge in [0.05, 0.1) is 4.90 Å². The molecule has 118 valence electrons. The third kappa shape index (κ3) is 3.91. The molecule has 0 aliphatic carbocycles. The lowest BCUT2D eigenvalue weighted by atomic mass is 9.87. The largest absolute Gasteiger partial charge is 0.294 e. The molecule has 7 nitrogen and oxygen atoms in total. The standard InChI is InChI=1S/C14H18N4O3S/c1-14(2,3)10-4-6-11(7-5-10)22(20,21)8-12(19)17-13-15-9-16-18-13/h4-7,9H,8H2,1-3H3,(H2,15,16,17,18,19). The number of H-pyrrole nitrogens is 1. The van der Waals surface area contributed by atoms with Crippen molar-refractivity contribution < 1.29 is 13.2 Å². The SMILES string of the molecule is CC(C)(C)c1ccc(S(=O)(=O)CC(=O)Nc2ncn[nH]2)cc1. The number of carbonyl (C=O) groups is 1. The summed E-state index contributed by atoms with van der Waals surface area (Å²) in [5, 5.41) is 8.33. The van der Waals surface area contributed by atoms with Crippen molar-refractivity contribution in [3.05, 3.63) is 36.2 Å². The summed E-state index contributed by atoms with van der Waals surface area (Å²) >= 11 is 0. The van der Waals surface area contributed by atoms with E-state index in [1.54, 1.807) is 12.1 Å². The fourth-order valence-corrected chi connectivity index (χ4v) is 2.99. The first-order valence-electron chi connectivity index (χ1n) is 6.67. The van der Waals surface area contributed by atoms with Crippen LogP contribution < -0.4 is 5.32 Å². The number of aromatic nitrogens is 3. The maximum absolute atomic E-state index is 12.2. The van der Waals surface area contributed by atoms with E-state index in [9.17, 15) is 13.2 Å². The minimum Gasteiger partial charge on any atom is -0.294 e. The fourth-order valence-electron chi connectivity index (χ4n) is 1.85. The van der Waals surface area contributed by atoms with Gasteiger partial charge in [-0.05, 0) is 23.1 Å². The molecule has 1 aromatic carbocycles. The molecule has 0 bridgehead atoms. The molecular weight excluding hydrogens is 304 g/mol. The van der Waals surface area contributed by atoms with Gasteiger partial charge in [-0.1, -0.05) is 32.9 Å². The van der Waals surface area contributed by atoms with Gasteiger partial charge in [0.25, 0.3) is 0 Å². The van der Waals surface area contributed by atoms with E-state index in [0.29, 0.717) is 0 Å². The van der Waals surface area contributed by atoms with E-state index < -0.39 is 21.5 Å². The number of nitrogens with one attached hydrogen (secondary N) is 2. The summed E-state index contributed by atoms with van der Waals surface area (Å²) in [7, 11) is -3.70. The van der Waals surface area contributed by atoms with Crippen LogP contribution in [0.1, 0.15) is 26.3 Å². The second-order valence-electron chi connectivity index (χ2n) is 5.92. The molecule has 0 spiro atoms. The molecule has 0 aliphatic rings. The molecule has 0 unspecified atom stereocenters. The Bertz CT molecular complexity index is 744. The van der Waals surface area contributed by atoms with Crippen molar-refractivity contribution in [2.24, 2.45) is 0 Å². The Hall–Kier alpha value is -2.22. The van der Waals surface area contributed by atoms with Crippen LogP contribution in [0.3, 0.4) is 0 Å². The molecule has 0 aliphatic heterocycles. The van der Waals surface area contributed by atoms with Gasteiger partial charge in [-0.25, -0.2) is 13.5 Å². The van der Waals surface area contributed by atoms with Gasteiger partial charge in [-0.2, -0.15) is 10.1 Å². The first-order valence-corrected chi connectivity index (χ1v) is 8.32. The Balaban J connectivity index is 2.11. The molecule has 0 atom stereocenters. The Morgan fingerprint density at radius 1 is 1.23 bits per heavy atom. The fraction of sp³-hybridized carbons (Fsp3) is 0.357. The molecule has 2 aromatic rings. The highest BCUT2D eigenvalue weighted by molar-refractivity contribution is 7.92. The van der Waals surface area contributed by atoms with Crippen molar-refractivity contribution in [2.75, 3.05) is 11.1 Å².